The zero-order valence-corrected chi connectivity index (χ0v) is 12.2. The van der Waals surface area contributed by atoms with Crippen molar-refractivity contribution < 1.29 is 9.60 Å². The highest BCUT2D eigenvalue weighted by atomic mass is 35.5. The van der Waals surface area contributed by atoms with Gasteiger partial charge in [-0.1, -0.05) is 35.0 Å². The average molecular weight is 308 g/mol. The van der Waals surface area contributed by atoms with Crippen molar-refractivity contribution in [2.24, 2.45) is 10.9 Å². The Morgan fingerprint density at radius 2 is 2.05 bits per heavy atom. The molecule has 0 saturated heterocycles. The number of nitrogens with two attached hydrogens (primary N) is 1. The molecule has 0 bridgehead atoms. The van der Waals surface area contributed by atoms with E-state index in [-0.39, 0.29) is 11.7 Å². The second-order valence-corrected chi connectivity index (χ2v) is 5.03. The molecule has 6 heteroatoms. The van der Waals surface area contributed by atoms with Crippen LogP contribution in [0.2, 0.25) is 5.02 Å². The first kappa shape index (κ1) is 15.1. The van der Waals surface area contributed by atoms with E-state index in [9.17, 15) is 4.39 Å². The number of hydrogen-bond donors (Lipinski definition) is 2. The number of nitrogens with zero attached hydrogens (tertiary/aromatic N) is 2. The van der Waals surface area contributed by atoms with E-state index < -0.39 is 0 Å². The lowest BCUT2D eigenvalue weighted by Crippen LogP contribution is -2.23. The largest absolute Gasteiger partial charge is 0.409 e. The molecule has 0 amide bonds. The lowest BCUT2D eigenvalue weighted by atomic mass is 10.1. The Morgan fingerprint density at radius 1 is 1.33 bits per heavy atom. The van der Waals surface area contributed by atoms with Gasteiger partial charge in [0.1, 0.15) is 5.82 Å². The standard InChI is InChI=1S/C15H15ClFN3O/c1-20(9-10-4-2-3-5-13(10)17)14-8-11(16)6-7-12(14)15(18)19-21/h2-8,21H,9H2,1H3,(H2,18,19). The topological polar surface area (TPSA) is 61.8 Å². The van der Waals surface area contributed by atoms with Crippen molar-refractivity contribution >= 4 is 23.1 Å². The predicted molar refractivity (Wildman–Crippen MR) is 82.5 cm³/mol. The van der Waals surface area contributed by atoms with Crippen LogP contribution >= 0.6 is 11.6 Å². The number of hydrogen-bond acceptors (Lipinski definition) is 3. The smallest absolute Gasteiger partial charge is 0.172 e. The summed E-state index contributed by atoms with van der Waals surface area (Å²) in [7, 11) is 1.78. The fourth-order valence-corrected chi connectivity index (χ4v) is 2.22. The molecular weight excluding hydrogens is 293 g/mol. The Balaban J connectivity index is 2.37. The fraction of sp³-hybridized carbons (Fsp3) is 0.133. The van der Waals surface area contributed by atoms with Crippen LogP contribution in [0.5, 0.6) is 0 Å². The monoisotopic (exact) mass is 307 g/mol. The summed E-state index contributed by atoms with van der Waals surface area (Å²) in [5.74, 6) is -0.307. The Bertz CT molecular complexity index is 676. The van der Waals surface area contributed by atoms with Crippen LogP contribution in [-0.4, -0.2) is 18.1 Å². The molecule has 0 radical (unpaired) electrons. The molecule has 4 nitrogen and oxygen atoms in total. The number of halogens is 2. The van der Waals surface area contributed by atoms with Crippen LogP contribution in [0.3, 0.4) is 0 Å². The third kappa shape index (κ3) is 3.44. The number of benzene rings is 2. The number of oxime groups is 1. The molecule has 2 aromatic carbocycles. The first-order chi connectivity index (χ1) is 10.0. The van der Waals surface area contributed by atoms with Crippen molar-refractivity contribution in [2.45, 2.75) is 6.54 Å². The zero-order chi connectivity index (χ0) is 15.4. The lowest BCUT2D eigenvalue weighted by molar-refractivity contribution is 0.318. The third-order valence-corrected chi connectivity index (χ3v) is 3.36. The molecule has 0 aliphatic rings. The number of rotatable bonds is 4. The first-order valence-corrected chi connectivity index (χ1v) is 6.62. The van der Waals surface area contributed by atoms with Gasteiger partial charge in [0.05, 0.1) is 0 Å². The van der Waals surface area contributed by atoms with Crippen LogP contribution in [0.15, 0.2) is 47.6 Å². The summed E-state index contributed by atoms with van der Waals surface area (Å²) in [6.07, 6.45) is 0. The van der Waals surface area contributed by atoms with Crippen molar-refractivity contribution in [3.63, 3.8) is 0 Å². The van der Waals surface area contributed by atoms with Gasteiger partial charge in [0.25, 0.3) is 0 Å². The molecular formula is C15H15ClFN3O. The van der Waals surface area contributed by atoms with Gasteiger partial charge in [0.15, 0.2) is 5.84 Å². The molecule has 0 atom stereocenters. The maximum atomic E-state index is 13.7. The molecule has 0 aromatic heterocycles. The van der Waals surface area contributed by atoms with Crippen LogP contribution < -0.4 is 10.6 Å². The predicted octanol–water partition coefficient (Wildman–Crippen LogP) is 3.21. The molecule has 21 heavy (non-hydrogen) atoms. The highest BCUT2D eigenvalue weighted by Crippen LogP contribution is 2.25. The van der Waals surface area contributed by atoms with E-state index in [0.717, 1.165) is 0 Å². The van der Waals surface area contributed by atoms with Crippen molar-refractivity contribution in [3.05, 3.63) is 64.4 Å². The van der Waals surface area contributed by atoms with Crippen LogP contribution in [0.25, 0.3) is 0 Å². The highest BCUT2D eigenvalue weighted by molar-refractivity contribution is 6.31. The summed E-state index contributed by atoms with van der Waals surface area (Å²) in [6, 6.07) is 11.5. The number of amidine groups is 1. The van der Waals surface area contributed by atoms with Crippen LogP contribution in [-0.2, 0) is 6.54 Å². The first-order valence-electron chi connectivity index (χ1n) is 6.25. The van der Waals surface area contributed by atoms with Gasteiger partial charge in [0.2, 0.25) is 0 Å². The molecule has 3 N–H and O–H groups in total. The van der Waals surface area contributed by atoms with E-state index in [4.69, 9.17) is 22.5 Å². The molecule has 0 spiro atoms. The average Bonchev–Trinajstić information content (AvgIpc) is 2.48. The minimum Gasteiger partial charge on any atom is -0.409 e. The van der Waals surface area contributed by atoms with Crippen molar-refractivity contribution in [1.82, 2.24) is 0 Å². The summed E-state index contributed by atoms with van der Waals surface area (Å²) in [6.45, 7) is 0.332. The second-order valence-electron chi connectivity index (χ2n) is 4.59. The van der Waals surface area contributed by atoms with E-state index in [0.29, 0.717) is 28.4 Å². The minimum atomic E-state index is -0.281. The lowest BCUT2D eigenvalue weighted by Gasteiger charge is -2.22. The summed E-state index contributed by atoms with van der Waals surface area (Å²) in [5, 5.41) is 12.4. The van der Waals surface area contributed by atoms with Gasteiger partial charge < -0.3 is 15.8 Å². The van der Waals surface area contributed by atoms with Crippen LogP contribution in [0.4, 0.5) is 10.1 Å². The Labute approximate surface area is 127 Å². The summed E-state index contributed by atoms with van der Waals surface area (Å²) >= 11 is 6.00. The van der Waals surface area contributed by atoms with E-state index in [1.807, 2.05) is 0 Å². The number of anilines is 1. The van der Waals surface area contributed by atoms with Crippen LogP contribution in [0.1, 0.15) is 11.1 Å². The summed E-state index contributed by atoms with van der Waals surface area (Å²) in [5.41, 5.74) is 7.39. The van der Waals surface area contributed by atoms with E-state index in [1.54, 1.807) is 48.3 Å². The molecule has 0 fully saturated rings. The van der Waals surface area contributed by atoms with Crippen molar-refractivity contribution in [1.29, 1.82) is 0 Å². The van der Waals surface area contributed by atoms with Crippen molar-refractivity contribution in [2.75, 3.05) is 11.9 Å². The van der Waals surface area contributed by atoms with Gasteiger partial charge in [0, 0.05) is 35.4 Å². The van der Waals surface area contributed by atoms with Gasteiger partial charge in [-0.15, -0.1) is 0 Å². The molecule has 0 aliphatic carbocycles. The van der Waals surface area contributed by atoms with Crippen molar-refractivity contribution in [3.8, 4) is 0 Å². The zero-order valence-electron chi connectivity index (χ0n) is 11.4. The van der Waals surface area contributed by atoms with Gasteiger partial charge >= 0.3 is 0 Å². The molecule has 0 saturated carbocycles. The van der Waals surface area contributed by atoms with Gasteiger partial charge in [-0.2, -0.15) is 0 Å². The third-order valence-electron chi connectivity index (χ3n) is 3.12. The molecule has 2 aromatic rings. The quantitative estimate of drug-likeness (QED) is 0.394. The Hall–Kier alpha value is -2.27. The maximum absolute atomic E-state index is 13.7. The fourth-order valence-electron chi connectivity index (χ4n) is 2.06. The molecule has 0 aliphatic heterocycles. The molecule has 110 valence electrons. The van der Waals surface area contributed by atoms with E-state index >= 15 is 0 Å². The molecule has 2 rings (SSSR count). The van der Waals surface area contributed by atoms with Gasteiger partial charge in [-0.25, -0.2) is 4.39 Å². The maximum Gasteiger partial charge on any atom is 0.172 e. The van der Waals surface area contributed by atoms with Gasteiger partial charge in [-0.3, -0.25) is 0 Å². The SMILES string of the molecule is CN(Cc1ccccc1F)c1cc(Cl)ccc1C(N)=NO. The van der Waals surface area contributed by atoms with Crippen LogP contribution in [0, 0.1) is 5.82 Å². The minimum absolute atomic E-state index is 0.0259. The summed E-state index contributed by atoms with van der Waals surface area (Å²) in [4.78, 5) is 1.79. The van der Waals surface area contributed by atoms with E-state index in [2.05, 4.69) is 5.16 Å². The molecule has 0 heterocycles. The van der Waals surface area contributed by atoms with E-state index in [1.165, 1.54) is 6.07 Å². The van der Waals surface area contributed by atoms with Gasteiger partial charge in [-0.05, 0) is 24.3 Å². The normalized spacial score (nSPS) is 11.5. The highest BCUT2D eigenvalue weighted by Gasteiger charge is 2.13. The Kier molecular flexibility index (Phi) is 4.65. The summed E-state index contributed by atoms with van der Waals surface area (Å²) < 4.78 is 13.7. The molecule has 0 unspecified atom stereocenters. The Morgan fingerprint density at radius 3 is 2.71 bits per heavy atom. The second kappa shape index (κ2) is 6.45.